The van der Waals surface area contributed by atoms with Crippen LogP contribution in [0.2, 0.25) is 10.0 Å². The second-order valence-corrected chi connectivity index (χ2v) is 9.03. The number of nitrogens with one attached hydrogen (secondary N) is 1. The lowest BCUT2D eigenvalue weighted by Crippen LogP contribution is -2.53. The fourth-order valence-electron chi connectivity index (χ4n) is 2.91. The summed E-state index contributed by atoms with van der Waals surface area (Å²) in [6, 6.07) is 13.6. The van der Waals surface area contributed by atoms with Crippen molar-refractivity contribution in [3.63, 3.8) is 0 Å². The van der Waals surface area contributed by atoms with Crippen LogP contribution in [0.25, 0.3) is 0 Å². The minimum Gasteiger partial charge on any atom is -0.492 e. The van der Waals surface area contributed by atoms with Crippen LogP contribution in [0, 0.1) is 0 Å². The zero-order valence-electron chi connectivity index (χ0n) is 15.6. The van der Waals surface area contributed by atoms with Crippen LogP contribution in [-0.2, 0) is 10.0 Å². The Bertz CT molecular complexity index is 949. The SMILES string of the molecule is O=C(NCCOc1ccccc1)N1CCN(S(=O)(=O)c2cccc(Cl)c2Cl)CC1. The van der Waals surface area contributed by atoms with Crippen LogP contribution < -0.4 is 10.1 Å². The van der Waals surface area contributed by atoms with E-state index in [2.05, 4.69) is 5.32 Å². The molecule has 2 aromatic rings. The fourth-order valence-corrected chi connectivity index (χ4v) is 5.07. The minimum atomic E-state index is -3.78. The van der Waals surface area contributed by atoms with Gasteiger partial charge in [0.2, 0.25) is 10.0 Å². The van der Waals surface area contributed by atoms with Crippen molar-refractivity contribution in [3.05, 3.63) is 58.6 Å². The number of para-hydroxylation sites is 1. The number of benzene rings is 2. The zero-order chi connectivity index (χ0) is 20.9. The van der Waals surface area contributed by atoms with Crippen LogP contribution in [0.3, 0.4) is 0 Å². The van der Waals surface area contributed by atoms with E-state index in [1.54, 1.807) is 11.0 Å². The number of piperazine rings is 1. The molecule has 1 heterocycles. The van der Waals surface area contributed by atoms with Crippen molar-refractivity contribution < 1.29 is 17.9 Å². The molecule has 1 saturated heterocycles. The lowest BCUT2D eigenvalue weighted by Gasteiger charge is -2.34. The van der Waals surface area contributed by atoms with Gasteiger partial charge in [0.15, 0.2) is 0 Å². The van der Waals surface area contributed by atoms with Crippen molar-refractivity contribution >= 4 is 39.3 Å². The molecule has 0 aromatic heterocycles. The van der Waals surface area contributed by atoms with Crippen molar-refractivity contribution in [2.24, 2.45) is 0 Å². The Labute approximate surface area is 180 Å². The smallest absolute Gasteiger partial charge is 0.317 e. The van der Waals surface area contributed by atoms with E-state index in [4.69, 9.17) is 27.9 Å². The molecule has 0 bridgehead atoms. The van der Waals surface area contributed by atoms with Gasteiger partial charge >= 0.3 is 6.03 Å². The topological polar surface area (TPSA) is 79.0 Å². The molecule has 1 N–H and O–H groups in total. The monoisotopic (exact) mass is 457 g/mol. The van der Waals surface area contributed by atoms with Crippen LogP contribution in [0.1, 0.15) is 0 Å². The molecule has 2 amide bonds. The fraction of sp³-hybridized carbons (Fsp3) is 0.316. The number of hydrogen-bond donors (Lipinski definition) is 1. The highest BCUT2D eigenvalue weighted by Crippen LogP contribution is 2.31. The Morgan fingerprint density at radius 2 is 1.69 bits per heavy atom. The Hall–Kier alpha value is -2.00. The predicted octanol–water partition coefficient (Wildman–Crippen LogP) is 3.09. The van der Waals surface area contributed by atoms with Gasteiger partial charge in [-0.15, -0.1) is 0 Å². The van der Waals surface area contributed by atoms with Crippen molar-refractivity contribution in [2.75, 3.05) is 39.3 Å². The summed E-state index contributed by atoms with van der Waals surface area (Å²) >= 11 is 12.0. The molecule has 0 spiro atoms. The molecular formula is C19H21Cl2N3O4S. The van der Waals surface area contributed by atoms with Gasteiger partial charge < -0.3 is 15.0 Å². The van der Waals surface area contributed by atoms with Gasteiger partial charge in [0, 0.05) is 26.2 Å². The maximum absolute atomic E-state index is 12.8. The lowest BCUT2D eigenvalue weighted by molar-refractivity contribution is 0.170. The Morgan fingerprint density at radius 1 is 1.00 bits per heavy atom. The van der Waals surface area contributed by atoms with Gasteiger partial charge in [0.05, 0.1) is 16.6 Å². The molecule has 3 rings (SSSR count). The summed E-state index contributed by atoms with van der Waals surface area (Å²) in [5.74, 6) is 0.736. The zero-order valence-corrected chi connectivity index (χ0v) is 17.9. The Kier molecular flexibility index (Phi) is 7.23. The van der Waals surface area contributed by atoms with Gasteiger partial charge in [0.1, 0.15) is 17.3 Å². The van der Waals surface area contributed by atoms with Crippen LogP contribution in [0.4, 0.5) is 4.79 Å². The molecule has 7 nitrogen and oxygen atoms in total. The largest absolute Gasteiger partial charge is 0.492 e. The number of rotatable bonds is 6. The van der Waals surface area contributed by atoms with Gasteiger partial charge in [-0.1, -0.05) is 47.5 Å². The number of ether oxygens (including phenoxy) is 1. The molecule has 156 valence electrons. The highest BCUT2D eigenvalue weighted by molar-refractivity contribution is 7.89. The van der Waals surface area contributed by atoms with E-state index in [9.17, 15) is 13.2 Å². The third-order valence-electron chi connectivity index (χ3n) is 4.45. The molecule has 0 aliphatic carbocycles. The molecule has 1 fully saturated rings. The van der Waals surface area contributed by atoms with Crippen LogP contribution in [0.15, 0.2) is 53.4 Å². The molecule has 29 heavy (non-hydrogen) atoms. The van der Waals surface area contributed by atoms with Gasteiger partial charge in [-0.3, -0.25) is 0 Å². The summed E-state index contributed by atoms with van der Waals surface area (Å²) in [7, 11) is -3.78. The number of nitrogens with zero attached hydrogens (tertiary/aromatic N) is 2. The molecule has 1 aliphatic heterocycles. The van der Waals surface area contributed by atoms with E-state index in [0.29, 0.717) is 13.2 Å². The molecule has 0 unspecified atom stereocenters. The Morgan fingerprint density at radius 3 is 2.38 bits per heavy atom. The molecule has 2 aromatic carbocycles. The molecule has 0 saturated carbocycles. The maximum atomic E-state index is 12.8. The normalized spacial score (nSPS) is 15.2. The van der Waals surface area contributed by atoms with E-state index in [0.717, 1.165) is 5.75 Å². The van der Waals surface area contributed by atoms with E-state index >= 15 is 0 Å². The number of carbonyl (C=O) groups excluding carboxylic acids is 1. The van der Waals surface area contributed by atoms with Gasteiger partial charge in [0.25, 0.3) is 0 Å². The first-order valence-electron chi connectivity index (χ1n) is 9.04. The lowest BCUT2D eigenvalue weighted by atomic mass is 10.3. The summed E-state index contributed by atoms with van der Waals surface area (Å²) in [4.78, 5) is 13.8. The second kappa shape index (κ2) is 9.67. The number of carbonyl (C=O) groups is 1. The Balaban J connectivity index is 1.48. The molecule has 0 atom stereocenters. The van der Waals surface area contributed by atoms with Crippen molar-refractivity contribution in [3.8, 4) is 5.75 Å². The van der Waals surface area contributed by atoms with Gasteiger partial charge in [-0.25, -0.2) is 13.2 Å². The average Bonchev–Trinajstić information content (AvgIpc) is 2.73. The van der Waals surface area contributed by atoms with E-state index < -0.39 is 10.0 Å². The number of sulfonamides is 1. The first kappa shape index (κ1) is 21.7. The third-order valence-corrected chi connectivity index (χ3v) is 7.32. The molecule has 10 heteroatoms. The molecule has 1 aliphatic rings. The number of urea groups is 1. The standard InChI is InChI=1S/C19H21Cl2N3O4S/c20-16-7-4-8-17(18(16)21)29(26,27)24-12-10-23(11-13-24)19(25)22-9-14-28-15-5-2-1-3-6-15/h1-8H,9-14H2,(H,22,25). The summed E-state index contributed by atoms with van der Waals surface area (Å²) in [5.41, 5.74) is 0. The van der Waals surface area contributed by atoms with E-state index in [1.165, 1.54) is 16.4 Å². The average molecular weight is 458 g/mol. The summed E-state index contributed by atoms with van der Waals surface area (Å²) in [5, 5.41) is 2.97. The van der Waals surface area contributed by atoms with Crippen molar-refractivity contribution in [1.29, 1.82) is 0 Å². The molecule has 0 radical (unpaired) electrons. The molecular weight excluding hydrogens is 437 g/mol. The summed E-state index contributed by atoms with van der Waals surface area (Å²) < 4.78 is 32.5. The first-order chi connectivity index (χ1) is 13.9. The highest BCUT2D eigenvalue weighted by atomic mass is 35.5. The maximum Gasteiger partial charge on any atom is 0.317 e. The number of amides is 2. The number of halogens is 2. The van der Waals surface area contributed by atoms with E-state index in [1.807, 2.05) is 30.3 Å². The van der Waals surface area contributed by atoms with Crippen molar-refractivity contribution in [1.82, 2.24) is 14.5 Å². The van der Waals surface area contributed by atoms with E-state index in [-0.39, 0.29) is 47.2 Å². The number of hydrogen-bond acceptors (Lipinski definition) is 4. The minimum absolute atomic E-state index is 0.00718. The first-order valence-corrected chi connectivity index (χ1v) is 11.2. The summed E-state index contributed by atoms with van der Waals surface area (Å²) in [6.45, 7) is 1.62. The van der Waals surface area contributed by atoms with Crippen LogP contribution in [-0.4, -0.2) is 63.0 Å². The quantitative estimate of drug-likeness (QED) is 0.675. The van der Waals surface area contributed by atoms with Crippen LogP contribution in [0.5, 0.6) is 5.75 Å². The van der Waals surface area contributed by atoms with Gasteiger partial charge in [-0.05, 0) is 24.3 Å². The second-order valence-electron chi connectivity index (χ2n) is 6.34. The highest BCUT2D eigenvalue weighted by Gasteiger charge is 2.31. The van der Waals surface area contributed by atoms with Gasteiger partial charge in [-0.2, -0.15) is 4.31 Å². The van der Waals surface area contributed by atoms with Crippen molar-refractivity contribution in [2.45, 2.75) is 4.90 Å². The predicted molar refractivity (Wildman–Crippen MR) is 112 cm³/mol. The third kappa shape index (κ3) is 5.33. The summed E-state index contributed by atoms with van der Waals surface area (Å²) in [6.07, 6.45) is 0. The van der Waals surface area contributed by atoms with Crippen LogP contribution >= 0.6 is 23.2 Å².